The molecule has 0 atom stereocenters. The van der Waals surface area contributed by atoms with Gasteiger partial charge in [-0.3, -0.25) is 0 Å². The van der Waals surface area contributed by atoms with Gasteiger partial charge in [-0.15, -0.1) is 0 Å². The third kappa shape index (κ3) is 4.01. The van der Waals surface area contributed by atoms with Crippen molar-refractivity contribution in [2.75, 3.05) is 0 Å². The average molecular weight is 725 g/mol. The Morgan fingerprint density at radius 2 is 0.789 bits per heavy atom. The van der Waals surface area contributed by atoms with E-state index in [0.717, 1.165) is 0 Å². The van der Waals surface area contributed by atoms with Crippen molar-refractivity contribution in [2.45, 2.75) is 26.2 Å². The maximum absolute atomic E-state index is 2.54. The van der Waals surface area contributed by atoms with E-state index in [9.17, 15) is 0 Å². The van der Waals surface area contributed by atoms with E-state index in [0.29, 0.717) is 0 Å². The maximum Gasteiger partial charge on any atom is 0.244 e. The first-order valence-electron chi connectivity index (χ1n) is 20.2. The monoisotopic (exact) mass is 724 g/mol. The number of hydrogen-bond acceptors (Lipinski definition) is 0. The molecule has 0 unspecified atom stereocenters. The molecule has 0 bridgehead atoms. The van der Waals surface area contributed by atoms with Crippen LogP contribution in [0.15, 0.2) is 170 Å². The Balaban J connectivity index is 1.23. The van der Waals surface area contributed by atoms with E-state index in [2.05, 4.69) is 200 Å². The lowest BCUT2D eigenvalue weighted by atomic mass is 9.31. The summed E-state index contributed by atoms with van der Waals surface area (Å²) >= 11 is 0. The topological polar surface area (TPSA) is 9.86 Å². The molecule has 0 fully saturated rings. The first-order chi connectivity index (χ1) is 28.0. The van der Waals surface area contributed by atoms with Gasteiger partial charge >= 0.3 is 0 Å². The minimum atomic E-state index is -0.0563. The van der Waals surface area contributed by atoms with Crippen LogP contribution in [0.4, 0.5) is 0 Å². The van der Waals surface area contributed by atoms with Crippen LogP contribution in [0.5, 0.6) is 0 Å². The summed E-state index contributed by atoms with van der Waals surface area (Å²) in [6.45, 7) is 7.20. The van der Waals surface area contributed by atoms with E-state index < -0.39 is 0 Å². The predicted octanol–water partition coefficient (Wildman–Crippen LogP) is 12.0. The van der Waals surface area contributed by atoms with Crippen molar-refractivity contribution < 1.29 is 0 Å². The van der Waals surface area contributed by atoms with Crippen LogP contribution in [0.2, 0.25) is 0 Å². The maximum atomic E-state index is 2.54. The van der Waals surface area contributed by atoms with Crippen LogP contribution < -0.4 is 16.4 Å². The van der Waals surface area contributed by atoms with E-state index in [4.69, 9.17) is 0 Å². The van der Waals surface area contributed by atoms with Gasteiger partial charge < -0.3 is 9.13 Å². The molecule has 3 heteroatoms. The fourth-order valence-corrected chi connectivity index (χ4v) is 10.9. The van der Waals surface area contributed by atoms with E-state index in [-0.39, 0.29) is 12.1 Å². The molecule has 2 aliphatic rings. The molecule has 0 saturated heterocycles. The molecule has 0 saturated carbocycles. The SMILES string of the molecule is CC(C)(C)c1cc2c3c(c1)-c1cc4c(c5cccc(c15)B3c1cccc3c1c-2cc1c3c2ccccc2n1-c1ccccc1)c1ccccc1n4-c1ccccc1. The van der Waals surface area contributed by atoms with Gasteiger partial charge in [0.1, 0.15) is 0 Å². The summed E-state index contributed by atoms with van der Waals surface area (Å²) in [6, 6.07) is 64.1. The number of hydrogen-bond donors (Lipinski definition) is 0. The van der Waals surface area contributed by atoms with Crippen molar-refractivity contribution >= 4 is 88.3 Å². The van der Waals surface area contributed by atoms with Gasteiger partial charge in [0.15, 0.2) is 0 Å². The van der Waals surface area contributed by atoms with Gasteiger partial charge in [-0.05, 0) is 103 Å². The van der Waals surface area contributed by atoms with Gasteiger partial charge in [0, 0.05) is 32.9 Å². The Kier molecular flexibility index (Phi) is 6.02. The fraction of sp³-hybridized carbons (Fsp3) is 0.0741. The molecular weight excluding hydrogens is 687 g/mol. The third-order valence-corrected chi connectivity index (χ3v) is 13.2. The molecular formula is C54H37BN2. The highest BCUT2D eigenvalue weighted by atomic mass is 15.0. The Hall–Kier alpha value is -6.84. The molecule has 266 valence electrons. The van der Waals surface area contributed by atoms with E-state index in [1.165, 1.54) is 121 Å². The first-order valence-corrected chi connectivity index (χ1v) is 20.2. The molecule has 13 rings (SSSR count). The predicted molar refractivity (Wildman–Crippen MR) is 244 cm³/mol. The van der Waals surface area contributed by atoms with Gasteiger partial charge in [-0.1, -0.05) is 158 Å². The molecule has 0 spiro atoms. The lowest BCUT2D eigenvalue weighted by molar-refractivity contribution is 0.591. The Morgan fingerprint density at radius 3 is 1.25 bits per heavy atom. The molecule has 2 aromatic heterocycles. The molecule has 2 aliphatic heterocycles. The lowest BCUT2D eigenvalue weighted by Gasteiger charge is -2.36. The van der Waals surface area contributed by atoms with E-state index in [1.807, 2.05) is 0 Å². The summed E-state index contributed by atoms with van der Waals surface area (Å²) < 4.78 is 4.96. The highest BCUT2D eigenvalue weighted by Crippen LogP contribution is 2.47. The van der Waals surface area contributed by atoms with Gasteiger partial charge in [0.25, 0.3) is 0 Å². The number of nitrogens with zero attached hydrogens (tertiary/aromatic N) is 2. The molecule has 0 aliphatic carbocycles. The largest absolute Gasteiger partial charge is 0.309 e. The van der Waals surface area contributed by atoms with Crippen molar-refractivity contribution in [2.24, 2.45) is 0 Å². The van der Waals surface area contributed by atoms with Crippen LogP contribution in [-0.2, 0) is 5.41 Å². The van der Waals surface area contributed by atoms with Crippen LogP contribution in [0.25, 0.3) is 98.8 Å². The zero-order valence-electron chi connectivity index (χ0n) is 32.1. The number of aromatic nitrogens is 2. The third-order valence-electron chi connectivity index (χ3n) is 13.2. The summed E-state index contributed by atoms with van der Waals surface area (Å²) in [5.41, 5.74) is 18.3. The first kappa shape index (κ1) is 31.4. The molecule has 0 radical (unpaired) electrons. The molecule has 0 amide bonds. The van der Waals surface area contributed by atoms with Crippen LogP contribution in [0.3, 0.4) is 0 Å². The van der Waals surface area contributed by atoms with Crippen molar-refractivity contribution in [1.29, 1.82) is 0 Å². The van der Waals surface area contributed by atoms with Gasteiger partial charge in [0.2, 0.25) is 6.71 Å². The van der Waals surface area contributed by atoms with Gasteiger partial charge in [-0.2, -0.15) is 0 Å². The van der Waals surface area contributed by atoms with Crippen LogP contribution in [0.1, 0.15) is 26.3 Å². The molecule has 2 nitrogen and oxygen atoms in total. The average Bonchev–Trinajstić information content (AvgIpc) is 3.76. The molecule has 9 aromatic carbocycles. The van der Waals surface area contributed by atoms with Crippen molar-refractivity contribution in [1.82, 2.24) is 9.13 Å². The van der Waals surface area contributed by atoms with Crippen LogP contribution in [-0.4, -0.2) is 15.8 Å². The number of rotatable bonds is 2. The lowest BCUT2D eigenvalue weighted by Crippen LogP contribution is -2.57. The van der Waals surface area contributed by atoms with Crippen LogP contribution in [0, 0.1) is 0 Å². The summed E-state index contributed by atoms with van der Waals surface area (Å²) in [5, 5.41) is 10.7. The fourth-order valence-electron chi connectivity index (χ4n) is 10.9. The second-order valence-electron chi connectivity index (χ2n) is 17.2. The van der Waals surface area contributed by atoms with Gasteiger partial charge in [0.05, 0.1) is 22.1 Å². The van der Waals surface area contributed by atoms with E-state index in [1.54, 1.807) is 0 Å². The smallest absolute Gasteiger partial charge is 0.244 e. The zero-order chi connectivity index (χ0) is 37.7. The molecule has 0 N–H and O–H groups in total. The summed E-state index contributed by atoms with van der Waals surface area (Å²) in [5.74, 6) is 0. The highest BCUT2D eigenvalue weighted by molar-refractivity contribution is 7.01. The highest BCUT2D eigenvalue weighted by Gasteiger charge is 2.40. The minimum Gasteiger partial charge on any atom is -0.309 e. The standard InChI is InChI=1S/C54H37BN2/c1-54(2,3)32-28-41-39-30-47-51(35-20-10-12-26-45(35)56(47)33-16-6-4-7-17-33)37-22-14-24-43(49(37)39)55-44-25-15-23-38-50(44)40(42(29-32)53(41)55)31-48-52(38)36-21-11-13-27-46(36)57(48)34-18-8-5-9-19-34/h4-31H,1-3H3. The quantitative estimate of drug-likeness (QED) is 0.157. The number of para-hydroxylation sites is 4. The van der Waals surface area contributed by atoms with Crippen molar-refractivity contribution in [3.8, 4) is 33.6 Å². The Labute approximate surface area is 331 Å². The second-order valence-corrected chi connectivity index (χ2v) is 17.2. The van der Waals surface area contributed by atoms with Crippen LogP contribution >= 0.6 is 0 Å². The number of fused-ring (bicyclic) bond motifs is 12. The minimum absolute atomic E-state index is 0.0563. The zero-order valence-corrected chi connectivity index (χ0v) is 32.1. The van der Waals surface area contributed by atoms with Crippen molar-refractivity contribution in [3.63, 3.8) is 0 Å². The Morgan fingerprint density at radius 1 is 0.368 bits per heavy atom. The summed E-state index contributed by atoms with van der Waals surface area (Å²) in [7, 11) is 0. The van der Waals surface area contributed by atoms with Gasteiger partial charge in [-0.25, -0.2) is 0 Å². The van der Waals surface area contributed by atoms with E-state index >= 15 is 0 Å². The molecule has 11 aromatic rings. The summed E-state index contributed by atoms with van der Waals surface area (Å²) in [6.07, 6.45) is 0. The van der Waals surface area contributed by atoms with Crippen molar-refractivity contribution in [3.05, 3.63) is 175 Å². The number of benzene rings is 9. The Bertz CT molecular complexity index is 3320. The molecule has 57 heavy (non-hydrogen) atoms. The summed E-state index contributed by atoms with van der Waals surface area (Å²) in [4.78, 5) is 0. The normalized spacial score (nSPS) is 13.1. The second kappa shape index (κ2) is 10.9. The molecule has 4 heterocycles.